The molecule has 0 spiro atoms. The zero-order valence-electron chi connectivity index (χ0n) is 10.2. The summed E-state index contributed by atoms with van der Waals surface area (Å²) in [4.78, 5) is 24.3. The molecule has 0 saturated carbocycles. The molecule has 18 heavy (non-hydrogen) atoms. The van der Waals surface area contributed by atoms with Gasteiger partial charge < -0.3 is 15.3 Å². The molecule has 0 bridgehead atoms. The van der Waals surface area contributed by atoms with Crippen LogP contribution >= 0.6 is 0 Å². The fourth-order valence-corrected chi connectivity index (χ4v) is 2.02. The van der Waals surface area contributed by atoms with Gasteiger partial charge in [0.15, 0.2) is 0 Å². The zero-order valence-corrected chi connectivity index (χ0v) is 10.2. The van der Waals surface area contributed by atoms with Crippen LogP contribution in [0.4, 0.5) is 10.5 Å². The predicted molar refractivity (Wildman–Crippen MR) is 67.8 cm³/mol. The standard InChI is InChI=1S/C13H16N2O3/c1-9-6-7-15(8-9)13(18)14-11-4-2-10(3-5-11)12(16)17/h2-5,9H,6-8H2,1H3,(H,14,18)(H,16,17). The number of rotatable bonds is 2. The number of hydrogen-bond donors (Lipinski definition) is 2. The molecule has 1 heterocycles. The molecule has 1 aromatic rings. The monoisotopic (exact) mass is 248 g/mol. The molecule has 1 aliphatic heterocycles. The molecule has 96 valence electrons. The Bertz CT molecular complexity index is 456. The summed E-state index contributed by atoms with van der Waals surface area (Å²) in [6.07, 6.45) is 1.03. The van der Waals surface area contributed by atoms with Gasteiger partial charge in [0.2, 0.25) is 0 Å². The van der Waals surface area contributed by atoms with Crippen molar-refractivity contribution >= 4 is 17.7 Å². The Hall–Kier alpha value is -2.04. The lowest BCUT2D eigenvalue weighted by Crippen LogP contribution is -2.32. The first-order valence-electron chi connectivity index (χ1n) is 5.95. The van der Waals surface area contributed by atoms with Crippen molar-refractivity contribution in [3.8, 4) is 0 Å². The highest BCUT2D eigenvalue weighted by Crippen LogP contribution is 2.17. The first kappa shape index (κ1) is 12.4. The van der Waals surface area contributed by atoms with Crippen molar-refractivity contribution in [3.63, 3.8) is 0 Å². The second-order valence-corrected chi connectivity index (χ2v) is 4.65. The molecule has 0 aromatic heterocycles. The highest BCUT2D eigenvalue weighted by molar-refractivity contribution is 5.91. The molecule has 0 aliphatic carbocycles. The summed E-state index contributed by atoms with van der Waals surface area (Å²) in [6, 6.07) is 6.03. The van der Waals surface area contributed by atoms with Gasteiger partial charge in [0, 0.05) is 18.8 Å². The second-order valence-electron chi connectivity index (χ2n) is 4.65. The van der Waals surface area contributed by atoms with Crippen molar-refractivity contribution in [3.05, 3.63) is 29.8 Å². The quantitative estimate of drug-likeness (QED) is 0.843. The number of likely N-dealkylation sites (tertiary alicyclic amines) is 1. The number of amides is 2. The maximum Gasteiger partial charge on any atom is 0.335 e. The molecule has 1 unspecified atom stereocenters. The first-order chi connectivity index (χ1) is 8.56. The van der Waals surface area contributed by atoms with E-state index in [0.717, 1.165) is 19.5 Å². The molecule has 1 aromatic carbocycles. The van der Waals surface area contributed by atoms with Crippen LogP contribution < -0.4 is 5.32 Å². The van der Waals surface area contributed by atoms with E-state index in [-0.39, 0.29) is 11.6 Å². The smallest absolute Gasteiger partial charge is 0.335 e. The number of carboxylic acid groups (broad SMARTS) is 1. The van der Waals surface area contributed by atoms with E-state index in [1.807, 2.05) is 0 Å². The minimum atomic E-state index is -0.971. The van der Waals surface area contributed by atoms with Crippen molar-refractivity contribution in [2.24, 2.45) is 5.92 Å². The van der Waals surface area contributed by atoms with Crippen LogP contribution in [-0.2, 0) is 0 Å². The number of carboxylic acids is 1. The van der Waals surface area contributed by atoms with Gasteiger partial charge in [-0.3, -0.25) is 0 Å². The molecule has 1 aliphatic rings. The molecule has 0 radical (unpaired) electrons. The predicted octanol–water partition coefficient (Wildman–Crippen LogP) is 2.26. The summed E-state index contributed by atoms with van der Waals surface area (Å²) >= 11 is 0. The van der Waals surface area contributed by atoms with Crippen LogP contribution in [0.5, 0.6) is 0 Å². The van der Waals surface area contributed by atoms with Crippen LogP contribution in [0.2, 0.25) is 0 Å². The second kappa shape index (κ2) is 5.08. The van der Waals surface area contributed by atoms with Crippen LogP contribution in [0.25, 0.3) is 0 Å². The minimum absolute atomic E-state index is 0.123. The van der Waals surface area contributed by atoms with Gasteiger partial charge in [-0.1, -0.05) is 6.92 Å². The van der Waals surface area contributed by atoms with Crippen LogP contribution in [-0.4, -0.2) is 35.1 Å². The van der Waals surface area contributed by atoms with Crippen molar-refractivity contribution < 1.29 is 14.7 Å². The maximum atomic E-state index is 11.9. The zero-order chi connectivity index (χ0) is 13.1. The number of carbonyl (C=O) groups excluding carboxylic acids is 1. The van der Waals surface area contributed by atoms with Gasteiger partial charge in [0.1, 0.15) is 0 Å². The van der Waals surface area contributed by atoms with Gasteiger partial charge in [-0.15, -0.1) is 0 Å². The van der Waals surface area contributed by atoms with E-state index in [0.29, 0.717) is 11.6 Å². The van der Waals surface area contributed by atoms with Gasteiger partial charge >= 0.3 is 12.0 Å². The first-order valence-corrected chi connectivity index (χ1v) is 5.95. The Balaban J connectivity index is 1.97. The largest absolute Gasteiger partial charge is 0.478 e. The minimum Gasteiger partial charge on any atom is -0.478 e. The number of benzene rings is 1. The summed E-state index contributed by atoms with van der Waals surface area (Å²) in [5.41, 5.74) is 0.826. The fraction of sp³-hybridized carbons (Fsp3) is 0.385. The summed E-state index contributed by atoms with van der Waals surface area (Å²) in [5.74, 6) is -0.425. The number of hydrogen-bond acceptors (Lipinski definition) is 2. The highest BCUT2D eigenvalue weighted by Gasteiger charge is 2.23. The molecular formula is C13H16N2O3. The SMILES string of the molecule is CC1CCN(C(=O)Nc2ccc(C(=O)O)cc2)C1. The average Bonchev–Trinajstić information content (AvgIpc) is 2.76. The van der Waals surface area contributed by atoms with Crippen molar-refractivity contribution in [2.45, 2.75) is 13.3 Å². The molecule has 1 fully saturated rings. The van der Waals surface area contributed by atoms with E-state index >= 15 is 0 Å². The van der Waals surface area contributed by atoms with E-state index in [4.69, 9.17) is 5.11 Å². The molecule has 5 heteroatoms. The van der Waals surface area contributed by atoms with Crippen LogP contribution in [0, 0.1) is 5.92 Å². The summed E-state index contributed by atoms with van der Waals surface area (Å²) < 4.78 is 0. The lowest BCUT2D eigenvalue weighted by molar-refractivity contribution is 0.0697. The van der Waals surface area contributed by atoms with Gasteiger partial charge in [-0.25, -0.2) is 9.59 Å². The van der Waals surface area contributed by atoms with Crippen LogP contribution in [0.3, 0.4) is 0 Å². The van der Waals surface area contributed by atoms with Gasteiger partial charge in [0.25, 0.3) is 0 Å². The van der Waals surface area contributed by atoms with Gasteiger partial charge in [0.05, 0.1) is 5.56 Å². The van der Waals surface area contributed by atoms with E-state index < -0.39 is 5.97 Å². The molecule has 1 atom stereocenters. The summed E-state index contributed by atoms with van der Waals surface area (Å²) in [5, 5.41) is 11.5. The molecule has 2 amide bonds. The van der Waals surface area contributed by atoms with Crippen LogP contribution in [0.15, 0.2) is 24.3 Å². The number of anilines is 1. The molecular weight excluding hydrogens is 232 g/mol. The Morgan fingerprint density at radius 1 is 1.33 bits per heavy atom. The Morgan fingerprint density at radius 3 is 2.50 bits per heavy atom. The molecule has 2 N–H and O–H groups in total. The fourth-order valence-electron chi connectivity index (χ4n) is 2.02. The number of aromatic carboxylic acids is 1. The van der Waals surface area contributed by atoms with Gasteiger partial charge in [-0.2, -0.15) is 0 Å². The average molecular weight is 248 g/mol. The Morgan fingerprint density at radius 2 is 2.00 bits per heavy atom. The third-order valence-electron chi connectivity index (χ3n) is 3.09. The summed E-state index contributed by atoms with van der Waals surface area (Å²) in [6.45, 7) is 3.67. The number of nitrogens with zero attached hydrogens (tertiary/aromatic N) is 1. The highest BCUT2D eigenvalue weighted by atomic mass is 16.4. The number of nitrogens with one attached hydrogen (secondary N) is 1. The van der Waals surface area contributed by atoms with Crippen LogP contribution in [0.1, 0.15) is 23.7 Å². The van der Waals surface area contributed by atoms with E-state index in [2.05, 4.69) is 12.2 Å². The number of urea groups is 1. The summed E-state index contributed by atoms with van der Waals surface area (Å²) in [7, 11) is 0. The lowest BCUT2D eigenvalue weighted by atomic mass is 10.2. The molecule has 1 saturated heterocycles. The topological polar surface area (TPSA) is 69.6 Å². The van der Waals surface area contributed by atoms with Crippen molar-refractivity contribution in [1.29, 1.82) is 0 Å². The Kier molecular flexibility index (Phi) is 3.50. The van der Waals surface area contributed by atoms with E-state index in [1.165, 1.54) is 12.1 Å². The van der Waals surface area contributed by atoms with E-state index in [1.54, 1.807) is 17.0 Å². The van der Waals surface area contributed by atoms with E-state index in [9.17, 15) is 9.59 Å². The lowest BCUT2D eigenvalue weighted by Gasteiger charge is -2.16. The van der Waals surface area contributed by atoms with Gasteiger partial charge in [-0.05, 0) is 36.6 Å². The third-order valence-corrected chi connectivity index (χ3v) is 3.09. The molecule has 2 rings (SSSR count). The van der Waals surface area contributed by atoms with Crippen molar-refractivity contribution in [2.75, 3.05) is 18.4 Å². The molecule has 5 nitrogen and oxygen atoms in total. The normalized spacial score (nSPS) is 18.7. The maximum absolute atomic E-state index is 11.9. The van der Waals surface area contributed by atoms with Crippen molar-refractivity contribution in [1.82, 2.24) is 4.90 Å². The number of carbonyl (C=O) groups is 2. The Labute approximate surface area is 105 Å². The third kappa shape index (κ3) is 2.80.